The van der Waals surface area contributed by atoms with Gasteiger partial charge in [-0.3, -0.25) is 9.78 Å². The van der Waals surface area contributed by atoms with Gasteiger partial charge in [-0.05, 0) is 13.0 Å². The summed E-state index contributed by atoms with van der Waals surface area (Å²) >= 11 is 0. The van der Waals surface area contributed by atoms with E-state index in [1.165, 1.54) is 6.33 Å². The number of pyridine rings is 1. The molecular weight excluding hydrogens is 244 g/mol. The number of aryl methyl sites for hydroxylation is 1. The average Bonchev–Trinajstić information content (AvgIpc) is 2.46. The summed E-state index contributed by atoms with van der Waals surface area (Å²) in [5, 5.41) is 2.52. The van der Waals surface area contributed by atoms with Crippen molar-refractivity contribution in [3.63, 3.8) is 0 Å². The van der Waals surface area contributed by atoms with Crippen molar-refractivity contribution in [3.8, 4) is 17.0 Å². The molecule has 0 saturated heterocycles. The van der Waals surface area contributed by atoms with Crippen molar-refractivity contribution >= 4 is 5.91 Å². The number of amides is 1. The summed E-state index contributed by atoms with van der Waals surface area (Å²) in [6.45, 7) is 1.87. The molecule has 0 aromatic carbocycles. The molecule has 0 aliphatic rings. The Kier molecular flexibility index (Phi) is 3.70. The van der Waals surface area contributed by atoms with Gasteiger partial charge in [-0.25, -0.2) is 9.97 Å². The smallest absolute Gasteiger partial charge is 0.269 e. The molecule has 98 valence electrons. The Bertz CT molecular complexity index is 596. The zero-order valence-electron chi connectivity index (χ0n) is 11.0. The molecule has 2 rings (SSSR count). The molecule has 1 amide bonds. The molecule has 0 unspecified atom stereocenters. The van der Waals surface area contributed by atoms with E-state index in [-0.39, 0.29) is 5.91 Å². The first-order chi connectivity index (χ1) is 9.17. The molecule has 6 heteroatoms. The minimum Gasteiger partial charge on any atom is -0.480 e. The molecule has 0 spiro atoms. The molecule has 2 heterocycles. The number of nitrogens with zero attached hydrogens (tertiary/aromatic N) is 3. The third-order valence-corrected chi connectivity index (χ3v) is 2.71. The lowest BCUT2D eigenvalue weighted by molar-refractivity contribution is 0.0958. The van der Waals surface area contributed by atoms with Crippen molar-refractivity contribution in [2.45, 2.75) is 6.92 Å². The second kappa shape index (κ2) is 5.43. The number of nitrogens with one attached hydrogen (secondary N) is 1. The monoisotopic (exact) mass is 258 g/mol. The molecule has 2 aromatic rings. The molecular formula is C13H14N4O2. The molecule has 2 aromatic heterocycles. The number of rotatable bonds is 3. The average molecular weight is 258 g/mol. The molecule has 0 aliphatic heterocycles. The highest BCUT2D eigenvalue weighted by Crippen LogP contribution is 2.29. The highest BCUT2D eigenvalue weighted by molar-refractivity contribution is 5.92. The summed E-state index contributed by atoms with van der Waals surface area (Å²) in [6.07, 6.45) is 3.06. The Hall–Kier alpha value is -2.50. The lowest BCUT2D eigenvalue weighted by atomic mass is 10.1. The summed E-state index contributed by atoms with van der Waals surface area (Å²) in [4.78, 5) is 23.8. The summed E-state index contributed by atoms with van der Waals surface area (Å²) in [5.41, 5.74) is 2.74. The van der Waals surface area contributed by atoms with Crippen LogP contribution in [0.3, 0.4) is 0 Å². The van der Waals surface area contributed by atoms with Crippen LogP contribution in [-0.2, 0) is 0 Å². The van der Waals surface area contributed by atoms with Crippen molar-refractivity contribution in [3.05, 3.63) is 36.0 Å². The Morgan fingerprint density at radius 2 is 2.05 bits per heavy atom. The molecule has 0 aliphatic carbocycles. The second-order valence-corrected chi connectivity index (χ2v) is 3.85. The van der Waals surface area contributed by atoms with E-state index in [0.717, 1.165) is 16.8 Å². The van der Waals surface area contributed by atoms with Gasteiger partial charge in [0.05, 0.1) is 18.4 Å². The first-order valence-corrected chi connectivity index (χ1v) is 5.71. The lowest BCUT2D eigenvalue weighted by Crippen LogP contribution is -2.18. The van der Waals surface area contributed by atoms with Crippen molar-refractivity contribution in [1.82, 2.24) is 20.3 Å². The minimum atomic E-state index is -0.223. The number of aromatic nitrogens is 3. The van der Waals surface area contributed by atoms with Crippen LogP contribution in [0, 0.1) is 6.92 Å². The summed E-state index contributed by atoms with van der Waals surface area (Å²) in [6, 6.07) is 3.45. The Labute approximate surface area is 110 Å². The maximum absolute atomic E-state index is 11.4. The zero-order chi connectivity index (χ0) is 13.8. The van der Waals surface area contributed by atoms with Crippen LogP contribution in [0.4, 0.5) is 0 Å². The molecule has 0 atom stereocenters. The van der Waals surface area contributed by atoms with Gasteiger partial charge in [-0.15, -0.1) is 0 Å². The van der Waals surface area contributed by atoms with Crippen LogP contribution in [0.1, 0.15) is 16.2 Å². The van der Waals surface area contributed by atoms with Crippen molar-refractivity contribution in [2.75, 3.05) is 14.2 Å². The van der Waals surface area contributed by atoms with Gasteiger partial charge in [0.1, 0.15) is 12.0 Å². The van der Waals surface area contributed by atoms with Gasteiger partial charge >= 0.3 is 0 Å². The third kappa shape index (κ3) is 2.52. The maximum atomic E-state index is 11.4. The topological polar surface area (TPSA) is 77.0 Å². The molecule has 0 saturated carbocycles. The SMILES string of the molecule is CNC(=O)c1ccc(-c2c(C)ncnc2OC)cn1. The zero-order valence-corrected chi connectivity index (χ0v) is 11.0. The number of carbonyl (C=O) groups excluding carboxylic acids is 1. The Morgan fingerprint density at radius 1 is 1.26 bits per heavy atom. The number of methoxy groups -OCH3 is 1. The number of ether oxygens (including phenoxy) is 1. The van der Waals surface area contributed by atoms with Crippen molar-refractivity contribution in [2.24, 2.45) is 0 Å². The number of hydrogen-bond acceptors (Lipinski definition) is 5. The van der Waals surface area contributed by atoms with Gasteiger partial charge in [0.25, 0.3) is 5.91 Å². The van der Waals surface area contributed by atoms with E-state index in [1.54, 1.807) is 32.5 Å². The predicted octanol–water partition coefficient (Wildman–Crippen LogP) is 1.22. The van der Waals surface area contributed by atoms with Crippen molar-refractivity contribution < 1.29 is 9.53 Å². The van der Waals surface area contributed by atoms with E-state index in [4.69, 9.17) is 4.74 Å². The maximum Gasteiger partial charge on any atom is 0.269 e. The summed E-state index contributed by atoms with van der Waals surface area (Å²) in [5.74, 6) is 0.265. The van der Waals surface area contributed by atoms with Gasteiger partial charge in [-0.2, -0.15) is 0 Å². The molecule has 0 radical (unpaired) electrons. The number of hydrogen-bond donors (Lipinski definition) is 1. The van der Waals surface area contributed by atoms with E-state index in [1.807, 2.05) is 6.92 Å². The standard InChI is InChI=1S/C13H14N4O2/c1-8-11(13(19-3)17-7-16-8)9-4-5-10(15-6-9)12(18)14-2/h4-7H,1-3H3,(H,14,18). The van der Waals surface area contributed by atoms with Crippen molar-refractivity contribution in [1.29, 1.82) is 0 Å². The molecule has 19 heavy (non-hydrogen) atoms. The van der Waals surface area contributed by atoms with Crippen LogP contribution < -0.4 is 10.1 Å². The summed E-state index contributed by atoms with van der Waals surface area (Å²) in [7, 11) is 3.12. The van der Waals surface area contributed by atoms with E-state index < -0.39 is 0 Å². The Morgan fingerprint density at radius 3 is 2.63 bits per heavy atom. The fourth-order valence-electron chi connectivity index (χ4n) is 1.74. The van der Waals surface area contributed by atoms with E-state index in [2.05, 4.69) is 20.3 Å². The van der Waals surface area contributed by atoms with Crippen LogP contribution >= 0.6 is 0 Å². The molecule has 0 fully saturated rings. The molecule has 6 nitrogen and oxygen atoms in total. The van der Waals surface area contributed by atoms with Crippen LogP contribution in [0.5, 0.6) is 5.88 Å². The van der Waals surface area contributed by atoms with Gasteiger partial charge in [0.15, 0.2) is 0 Å². The normalized spacial score (nSPS) is 10.1. The molecule has 1 N–H and O–H groups in total. The van der Waals surface area contributed by atoms with Crippen LogP contribution in [0.2, 0.25) is 0 Å². The molecule has 0 bridgehead atoms. The fraction of sp³-hybridized carbons (Fsp3) is 0.231. The quantitative estimate of drug-likeness (QED) is 0.895. The third-order valence-electron chi connectivity index (χ3n) is 2.71. The first kappa shape index (κ1) is 12.9. The van der Waals surface area contributed by atoms with E-state index in [0.29, 0.717) is 11.6 Å². The lowest BCUT2D eigenvalue weighted by Gasteiger charge is -2.09. The van der Waals surface area contributed by atoms with Gasteiger partial charge in [0, 0.05) is 18.8 Å². The first-order valence-electron chi connectivity index (χ1n) is 5.71. The van der Waals surface area contributed by atoms with Gasteiger partial charge in [0.2, 0.25) is 5.88 Å². The minimum absolute atomic E-state index is 0.223. The van der Waals surface area contributed by atoms with Gasteiger partial charge < -0.3 is 10.1 Å². The van der Waals surface area contributed by atoms with E-state index in [9.17, 15) is 4.79 Å². The summed E-state index contributed by atoms with van der Waals surface area (Å²) < 4.78 is 5.22. The van der Waals surface area contributed by atoms with Crippen LogP contribution in [0.25, 0.3) is 11.1 Å². The van der Waals surface area contributed by atoms with Crippen LogP contribution in [0.15, 0.2) is 24.7 Å². The fourth-order valence-corrected chi connectivity index (χ4v) is 1.74. The second-order valence-electron chi connectivity index (χ2n) is 3.85. The largest absolute Gasteiger partial charge is 0.480 e. The van der Waals surface area contributed by atoms with Gasteiger partial charge in [-0.1, -0.05) is 6.07 Å². The highest BCUT2D eigenvalue weighted by atomic mass is 16.5. The van der Waals surface area contributed by atoms with Crippen LogP contribution in [-0.4, -0.2) is 35.0 Å². The highest BCUT2D eigenvalue weighted by Gasteiger charge is 2.13. The predicted molar refractivity (Wildman–Crippen MR) is 69.9 cm³/mol. The Balaban J connectivity index is 2.46. The number of carbonyl (C=O) groups is 1. The van der Waals surface area contributed by atoms with E-state index >= 15 is 0 Å².